The van der Waals surface area contributed by atoms with Crippen LogP contribution in [0.5, 0.6) is 0 Å². The van der Waals surface area contributed by atoms with Crippen molar-refractivity contribution in [2.75, 3.05) is 6.61 Å². The number of hydrogen-bond acceptors (Lipinski definition) is 3. The molecular formula is C14H14N2O2. The van der Waals surface area contributed by atoms with Crippen molar-refractivity contribution in [1.29, 1.82) is 0 Å². The number of carbonyl (C=O) groups is 1. The molecule has 1 aromatic carbocycles. The quantitative estimate of drug-likeness (QED) is 0.758. The van der Waals surface area contributed by atoms with Crippen LogP contribution in [0.3, 0.4) is 0 Å². The summed E-state index contributed by atoms with van der Waals surface area (Å²) in [6, 6.07) is 7.58. The van der Waals surface area contributed by atoms with Gasteiger partial charge in [-0.15, -0.1) is 0 Å². The molecule has 1 atom stereocenters. The number of imidazole rings is 1. The van der Waals surface area contributed by atoms with E-state index in [9.17, 15) is 4.79 Å². The standard InChI is InChI=1S/C14H14N2O2/c1-10(17)11-2-4-12(5-3-11)14-13-8-15-9-16(13)6-7-18-14/h2-5,8-9,14H,6-7H2,1H3. The Kier molecular flexibility index (Phi) is 2.72. The fraction of sp³-hybridized carbons (Fsp3) is 0.286. The first-order valence-corrected chi connectivity index (χ1v) is 5.98. The molecule has 0 bridgehead atoms. The van der Waals surface area contributed by atoms with E-state index >= 15 is 0 Å². The number of Topliss-reactive ketones (excluding diaryl/α,β-unsaturated/α-hetero) is 1. The summed E-state index contributed by atoms with van der Waals surface area (Å²) < 4.78 is 7.91. The van der Waals surface area contributed by atoms with Gasteiger partial charge in [0, 0.05) is 12.1 Å². The zero-order valence-corrected chi connectivity index (χ0v) is 10.2. The van der Waals surface area contributed by atoms with Gasteiger partial charge in [0.15, 0.2) is 5.78 Å². The number of hydrogen-bond donors (Lipinski definition) is 0. The van der Waals surface area contributed by atoms with Crippen molar-refractivity contribution in [2.24, 2.45) is 0 Å². The minimum atomic E-state index is -0.0812. The van der Waals surface area contributed by atoms with Crippen LogP contribution in [-0.2, 0) is 11.3 Å². The molecule has 0 N–H and O–H groups in total. The number of rotatable bonds is 2. The van der Waals surface area contributed by atoms with Gasteiger partial charge in [-0.05, 0) is 12.5 Å². The Morgan fingerprint density at radius 3 is 2.89 bits per heavy atom. The van der Waals surface area contributed by atoms with Gasteiger partial charge in [0.25, 0.3) is 0 Å². The number of aromatic nitrogens is 2. The van der Waals surface area contributed by atoms with Crippen LogP contribution < -0.4 is 0 Å². The van der Waals surface area contributed by atoms with E-state index in [-0.39, 0.29) is 11.9 Å². The third-order valence-corrected chi connectivity index (χ3v) is 3.25. The first kappa shape index (κ1) is 11.2. The van der Waals surface area contributed by atoms with E-state index in [1.807, 2.05) is 36.8 Å². The van der Waals surface area contributed by atoms with Crippen molar-refractivity contribution in [1.82, 2.24) is 9.55 Å². The lowest BCUT2D eigenvalue weighted by Crippen LogP contribution is -2.21. The van der Waals surface area contributed by atoms with Crippen LogP contribution in [0.1, 0.15) is 34.6 Å². The predicted molar refractivity (Wildman–Crippen MR) is 66.5 cm³/mol. The molecule has 1 aliphatic heterocycles. The van der Waals surface area contributed by atoms with Gasteiger partial charge >= 0.3 is 0 Å². The second kappa shape index (κ2) is 4.38. The molecule has 2 heterocycles. The highest BCUT2D eigenvalue weighted by Gasteiger charge is 2.22. The highest BCUT2D eigenvalue weighted by atomic mass is 16.5. The van der Waals surface area contributed by atoms with Crippen molar-refractivity contribution in [2.45, 2.75) is 19.6 Å². The molecule has 0 radical (unpaired) electrons. The first-order chi connectivity index (χ1) is 8.75. The molecule has 0 aliphatic carbocycles. The molecule has 2 aromatic rings. The summed E-state index contributed by atoms with van der Waals surface area (Å²) in [6.07, 6.45) is 3.58. The lowest BCUT2D eigenvalue weighted by atomic mass is 10.0. The van der Waals surface area contributed by atoms with E-state index in [0.717, 1.165) is 23.4 Å². The maximum atomic E-state index is 11.2. The van der Waals surface area contributed by atoms with E-state index in [1.54, 1.807) is 6.92 Å². The molecule has 0 spiro atoms. The van der Waals surface area contributed by atoms with E-state index in [2.05, 4.69) is 9.55 Å². The van der Waals surface area contributed by atoms with E-state index in [4.69, 9.17) is 4.74 Å². The van der Waals surface area contributed by atoms with Gasteiger partial charge in [0.1, 0.15) is 6.10 Å². The van der Waals surface area contributed by atoms with Crippen molar-refractivity contribution in [3.8, 4) is 0 Å². The highest BCUT2D eigenvalue weighted by Crippen LogP contribution is 2.28. The Morgan fingerprint density at radius 2 is 2.17 bits per heavy atom. The smallest absolute Gasteiger partial charge is 0.159 e. The molecule has 1 aliphatic rings. The van der Waals surface area contributed by atoms with Crippen LogP contribution in [0.25, 0.3) is 0 Å². The zero-order valence-electron chi connectivity index (χ0n) is 10.2. The summed E-state index contributed by atoms with van der Waals surface area (Å²) in [7, 11) is 0. The van der Waals surface area contributed by atoms with Crippen LogP contribution in [-0.4, -0.2) is 21.9 Å². The molecular weight excluding hydrogens is 228 g/mol. The van der Waals surface area contributed by atoms with E-state index in [1.165, 1.54) is 0 Å². The number of carbonyl (C=O) groups excluding carboxylic acids is 1. The summed E-state index contributed by atoms with van der Waals surface area (Å²) in [6.45, 7) is 3.10. The van der Waals surface area contributed by atoms with Crippen LogP contribution >= 0.6 is 0 Å². The third kappa shape index (κ3) is 1.84. The number of fused-ring (bicyclic) bond motifs is 1. The molecule has 3 rings (SSSR count). The lowest BCUT2D eigenvalue weighted by molar-refractivity contribution is 0.0465. The minimum Gasteiger partial charge on any atom is -0.365 e. The van der Waals surface area contributed by atoms with Crippen molar-refractivity contribution < 1.29 is 9.53 Å². The molecule has 4 nitrogen and oxygen atoms in total. The number of benzene rings is 1. The van der Waals surface area contributed by atoms with E-state index in [0.29, 0.717) is 6.61 Å². The maximum Gasteiger partial charge on any atom is 0.159 e. The molecule has 92 valence electrons. The summed E-state index contributed by atoms with van der Waals surface area (Å²) >= 11 is 0. The second-order valence-electron chi connectivity index (χ2n) is 4.44. The Balaban J connectivity index is 1.95. The number of nitrogens with zero attached hydrogens (tertiary/aromatic N) is 2. The van der Waals surface area contributed by atoms with Gasteiger partial charge < -0.3 is 9.30 Å². The topological polar surface area (TPSA) is 44.1 Å². The third-order valence-electron chi connectivity index (χ3n) is 3.25. The average Bonchev–Trinajstić information content (AvgIpc) is 2.87. The van der Waals surface area contributed by atoms with Crippen LogP contribution in [0.2, 0.25) is 0 Å². The normalized spacial score (nSPS) is 18.4. The second-order valence-corrected chi connectivity index (χ2v) is 4.44. The van der Waals surface area contributed by atoms with Gasteiger partial charge in [-0.25, -0.2) is 4.98 Å². The minimum absolute atomic E-state index is 0.0798. The van der Waals surface area contributed by atoms with E-state index < -0.39 is 0 Å². The molecule has 1 unspecified atom stereocenters. The Labute approximate surface area is 105 Å². The molecule has 0 fully saturated rings. The fourth-order valence-electron chi connectivity index (χ4n) is 2.25. The predicted octanol–water partition coefficient (Wildman–Crippen LogP) is 2.21. The van der Waals surface area contributed by atoms with Crippen LogP contribution in [0.15, 0.2) is 36.8 Å². The largest absolute Gasteiger partial charge is 0.365 e. The maximum absolute atomic E-state index is 11.2. The van der Waals surface area contributed by atoms with Gasteiger partial charge in [-0.2, -0.15) is 0 Å². The fourth-order valence-corrected chi connectivity index (χ4v) is 2.25. The van der Waals surface area contributed by atoms with Gasteiger partial charge in [-0.3, -0.25) is 4.79 Å². The Bertz CT molecular complexity index is 572. The summed E-state index contributed by atoms with van der Waals surface area (Å²) in [4.78, 5) is 15.4. The summed E-state index contributed by atoms with van der Waals surface area (Å²) in [5, 5.41) is 0. The van der Waals surface area contributed by atoms with Gasteiger partial charge in [-0.1, -0.05) is 24.3 Å². The van der Waals surface area contributed by atoms with Gasteiger partial charge in [0.2, 0.25) is 0 Å². The number of ketones is 1. The lowest BCUT2D eigenvalue weighted by Gasteiger charge is -2.25. The highest BCUT2D eigenvalue weighted by molar-refractivity contribution is 5.94. The van der Waals surface area contributed by atoms with Crippen LogP contribution in [0.4, 0.5) is 0 Å². The summed E-state index contributed by atoms with van der Waals surface area (Å²) in [5.41, 5.74) is 2.85. The van der Waals surface area contributed by atoms with Gasteiger partial charge in [0.05, 0.1) is 24.8 Å². The monoisotopic (exact) mass is 242 g/mol. The molecule has 1 aromatic heterocycles. The molecule has 18 heavy (non-hydrogen) atoms. The molecule has 0 saturated heterocycles. The molecule has 0 saturated carbocycles. The van der Waals surface area contributed by atoms with Crippen LogP contribution in [0, 0.1) is 0 Å². The SMILES string of the molecule is CC(=O)c1ccc(C2OCCn3cncc32)cc1. The zero-order chi connectivity index (χ0) is 12.5. The molecule has 4 heteroatoms. The van der Waals surface area contributed by atoms with Crippen molar-refractivity contribution in [3.63, 3.8) is 0 Å². The molecule has 0 amide bonds. The summed E-state index contributed by atoms with van der Waals surface area (Å²) in [5.74, 6) is 0.0798. The van der Waals surface area contributed by atoms with Crippen molar-refractivity contribution >= 4 is 5.78 Å². The Morgan fingerprint density at radius 1 is 1.39 bits per heavy atom. The van der Waals surface area contributed by atoms with Crippen molar-refractivity contribution in [3.05, 3.63) is 53.6 Å². The number of ether oxygens (including phenoxy) is 1. The Hall–Kier alpha value is -1.94. The first-order valence-electron chi connectivity index (χ1n) is 5.98. The average molecular weight is 242 g/mol.